The summed E-state index contributed by atoms with van der Waals surface area (Å²) in [5.41, 5.74) is 1.61. The summed E-state index contributed by atoms with van der Waals surface area (Å²) in [6, 6.07) is 13.3. The molecule has 0 radical (unpaired) electrons. The van der Waals surface area contributed by atoms with E-state index in [1.165, 1.54) is 0 Å². The van der Waals surface area contributed by atoms with Crippen LogP contribution in [0.3, 0.4) is 0 Å². The third-order valence-corrected chi connectivity index (χ3v) is 3.72. The third-order valence-electron chi connectivity index (χ3n) is 3.72. The van der Waals surface area contributed by atoms with E-state index < -0.39 is 6.10 Å². The highest BCUT2D eigenvalue weighted by atomic mass is 16.7. The van der Waals surface area contributed by atoms with E-state index in [4.69, 9.17) is 9.47 Å². The molecule has 1 aliphatic heterocycles. The van der Waals surface area contributed by atoms with E-state index in [0.29, 0.717) is 11.5 Å². The molecule has 4 rings (SSSR count). The second-order valence-electron chi connectivity index (χ2n) is 4.96. The van der Waals surface area contributed by atoms with Gasteiger partial charge in [-0.1, -0.05) is 24.3 Å². The number of hydrogen-bond acceptors (Lipinski definition) is 4. The van der Waals surface area contributed by atoms with Crippen molar-refractivity contribution in [3.05, 3.63) is 66.0 Å². The van der Waals surface area contributed by atoms with E-state index in [1.807, 2.05) is 42.5 Å². The first-order valence-electron chi connectivity index (χ1n) is 6.73. The smallest absolute Gasteiger partial charge is 0.231 e. The van der Waals surface area contributed by atoms with E-state index in [2.05, 4.69) is 4.98 Å². The van der Waals surface area contributed by atoms with Crippen LogP contribution in [0.4, 0.5) is 0 Å². The Hall–Kier alpha value is -2.59. The molecule has 4 nitrogen and oxygen atoms in total. The Bertz CT molecular complexity index is 811. The molecule has 1 aliphatic rings. The van der Waals surface area contributed by atoms with Gasteiger partial charge in [0.2, 0.25) is 6.79 Å². The fourth-order valence-corrected chi connectivity index (χ4v) is 2.64. The van der Waals surface area contributed by atoms with Gasteiger partial charge < -0.3 is 14.6 Å². The van der Waals surface area contributed by atoms with Crippen LogP contribution in [-0.4, -0.2) is 16.9 Å². The average Bonchev–Trinajstić information content (AvgIpc) is 3.01. The topological polar surface area (TPSA) is 51.6 Å². The summed E-state index contributed by atoms with van der Waals surface area (Å²) in [5.74, 6) is 1.38. The largest absolute Gasteiger partial charge is 0.454 e. The van der Waals surface area contributed by atoms with Crippen LogP contribution in [0.15, 0.2) is 54.9 Å². The number of aliphatic hydroxyl groups excluding tert-OH is 1. The third kappa shape index (κ3) is 2.00. The van der Waals surface area contributed by atoms with Crippen LogP contribution in [0.1, 0.15) is 17.2 Å². The summed E-state index contributed by atoms with van der Waals surface area (Å²) >= 11 is 0. The lowest BCUT2D eigenvalue weighted by atomic mass is 9.97. The van der Waals surface area contributed by atoms with Crippen molar-refractivity contribution in [3.63, 3.8) is 0 Å². The number of hydrogen-bond donors (Lipinski definition) is 1. The molecule has 0 bridgehead atoms. The number of pyridine rings is 1. The molecule has 1 unspecified atom stereocenters. The second kappa shape index (κ2) is 4.75. The van der Waals surface area contributed by atoms with Gasteiger partial charge in [0.1, 0.15) is 6.10 Å². The quantitative estimate of drug-likeness (QED) is 0.783. The van der Waals surface area contributed by atoms with Gasteiger partial charge in [0.25, 0.3) is 0 Å². The van der Waals surface area contributed by atoms with E-state index in [1.54, 1.807) is 12.4 Å². The van der Waals surface area contributed by atoms with E-state index >= 15 is 0 Å². The lowest BCUT2D eigenvalue weighted by molar-refractivity contribution is 0.173. The molecule has 0 spiro atoms. The number of ether oxygens (including phenoxy) is 2. The normalized spacial score (nSPS) is 14.3. The van der Waals surface area contributed by atoms with Gasteiger partial charge >= 0.3 is 0 Å². The summed E-state index contributed by atoms with van der Waals surface area (Å²) in [5, 5.41) is 12.7. The lowest BCUT2D eigenvalue weighted by Crippen LogP contribution is -2.00. The van der Waals surface area contributed by atoms with Crippen LogP contribution >= 0.6 is 0 Å². The molecule has 0 saturated heterocycles. The van der Waals surface area contributed by atoms with Crippen molar-refractivity contribution < 1.29 is 14.6 Å². The van der Waals surface area contributed by atoms with Crippen LogP contribution in [0.2, 0.25) is 0 Å². The maximum absolute atomic E-state index is 10.7. The SMILES string of the molecule is OC(c1ccc2c(c1)OCO2)c1cccc2ccncc12. The number of fused-ring (bicyclic) bond motifs is 2. The van der Waals surface area contributed by atoms with E-state index in [-0.39, 0.29) is 6.79 Å². The first kappa shape index (κ1) is 12.2. The molecule has 104 valence electrons. The molecule has 2 aromatic carbocycles. The standard InChI is InChI=1S/C17H13NO3/c19-17(12-4-5-15-16(8-12)21-10-20-15)13-3-1-2-11-6-7-18-9-14(11)13/h1-9,17,19H,10H2. The molecule has 2 heterocycles. The first-order chi connectivity index (χ1) is 10.3. The number of aliphatic hydroxyl groups is 1. The maximum Gasteiger partial charge on any atom is 0.231 e. The van der Waals surface area contributed by atoms with Gasteiger partial charge in [0, 0.05) is 17.8 Å². The maximum atomic E-state index is 10.7. The van der Waals surface area contributed by atoms with Crippen molar-refractivity contribution in [2.75, 3.05) is 6.79 Å². The number of aromatic nitrogens is 1. The van der Waals surface area contributed by atoms with Crippen LogP contribution in [0.25, 0.3) is 10.8 Å². The monoisotopic (exact) mass is 279 g/mol. The van der Waals surface area contributed by atoms with Crippen LogP contribution < -0.4 is 9.47 Å². The number of rotatable bonds is 2. The van der Waals surface area contributed by atoms with Gasteiger partial charge in [-0.3, -0.25) is 4.98 Å². The average molecular weight is 279 g/mol. The highest BCUT2D eigenvalue weighted by molar-refractivity contribution is 5.85. The predicted molar refractivity (Wildman–Crippen MR) is 78.4 cm³/mol. The predicted octanol–water partition coefficient (Wildman–Crippen LogP) is 3.05. The van der Waals surface area contributed by atoms with E-state index in [0.717, 1.165) is 21.9 Å². The number of benzene rings is 2. The van der Waals surface area contributed by atoms with Gasteiger partial charge in [-0.2, -0.15) is 0 Å². The molecule has 0 amide bonds. The van der Waals surface area contributed by atoms with Crippen molar-refractivity contribution in [1.82, 2.24) is 4.98 Å². The van der Waals surface area contributed by atoms with Crippen molar-refractivity contribution in [2.24, 2.45) is 0 Å². The first-order valence-corrected chi connectivity index (χ1v) is 6.73. The Balaban J connectivity index is 1.81. The molecule has 0 aliphatic carbocycles. The summed E-state index contributed by atoms with van der Waals surface area (Å²) in [4.78, 5) is 4.15. The number of nitrogens with zero attached hydrogens (tertiary/aromatic N) is 1. The Morgan fingerprint density at radius 2 is 1.95 bits per heavy atom. The molecule has 21 heavy (non-hydrogen) atoms. The minimum Gasteiger partial charge on any atom is -0.454 e. The Morgan fingerprint density at radius 3 is 2.90 bits per heavy atom. The summed E-state index contributed by atoms with van der Waals surface area (Å²) in [6.45, 7) is 0.229. The van der Waals surface area contributed by atoms with Crippen molar-refractivity contribution in [2.45, 2.75) is 6.10 Å². The molecule has 3 aromatic rings. The van der Waals surface area contributed by atoms with Crippen LogP contribution in [-0.2, 0) is 0 Å². The Morgan fingerprint density at radius 1 is 1.05 bits per heavy atom. The molecule has 1 N–H and O–H groups in total. The minimum absolute atomic E-state index is 0.229. The van der Waals surface area contributed by atoms with Gasteiger partial charge in [-0.15, -0.1) is 0 Å². The highest BCUT2D eigenvalue weighted by Crippen LogP contribution is 2.36. The molecular formula is C17H13NO3. The highest BCUT2D eigenvalue weighted by Gasteiger charge is 2.18. The molecule has 0 saturated carbocycles. The van der Waals surface area contributed by atoms with Gasteiger partial charge in [-0.05, 0) is 34.7 Å². The molecular weight excluding hydrogens is 266 g/mol. The molecule has 4 heteroatoms. The summed E-state index contributed by atoms with van der Waals surface area (Å²) in [6.07, 6.45) is 2.80. The van der Waals surface area contributed by atoms with Crippen molar-refractivity contribution in [1.29, 1.82) is 0 Å². The zero-order valence-electron chi connectivity index (χ0n) is 11.2. The second-order valence-corrected chi connectivity index (χ2v) is 4.96. The fraction of sp³-hybridized carbons (Fsp3) is 0.118. The van der Waals surface area contributed by atoms with Crippen molar-refractivity contribution >= 4 is 10.8 Å². The van der Waals surface area contributed by atoms with Gasteiger partial charge in [0.15, 0.2) is 11.5 Å². The molecule has 1 aromatic heterocycles. The van der Waals surface area contributed by atoms with Gasteiger partial charge in [-0.25, -0.2) is 0 Å². The lowest BCUT2D eigenvalue weighted by Gasteiger charge is -2.14. The van der Waals surface area contributed by atoms with E-state index in [9.17, 15) is 5.11 Å². The Labute approximate surface area is 121 Å². The van der Waals surface area contributed by atoms with Gasteiger partial charge in [0.05, 0.1) is 0 Å². The zero-order chi connectivity index (χ0) is 14.2. The molecule has 0 fully saturated rings. The Kier molecular flexibility index (Phi) is 2.75. The fourth-order valence-electron chi connectivity index (χ4n) is 2.64. The summed E-state index contributed by atoms with van der Waals surface area (Å²) in [7, 11) is 0. The van der Waals surface area contributed by atoms with Crippen LogP contribution in [0, 0.1) is 0 Å². The minimum atomic E-state index is -0.729. The van der Waals surface area contributed by atoms with Crippen molar-refractivity contribution in [3.8, 4) is 11.5 Å². The molecule has 1 atom stereocenters. The zero-order valence-corrected chi connectivity index (χ0v) is 11.2. The van der Waals surface area contributed by atoms with Crippen LogP contribution in [0.5, 0.6) is 11.5 Å². The summed E-state index contributed by atoms with van der Waals surface area (Å²) < 4.78 is 10.7.